The van der Waals surface area contributed by atoms with E-state index in [9.17, 15) is 8.42 Å². The predicted octanol–water partition coefficient (Wildman–Crippen LogP) is 0.825. The number of ether oxygens (including phenoxy) is 1. The summed E-state index contributed by atoms with van der Waals surface area (Å²) in [4.78, 5) is 1.07. The quantitative estimate of drug-likeness (QED) is 0.662. The van der Waals surface area contributed by atoms with Crippen LogP contribution in [0.25, 0.3) is 0 Å². The zero-order valence-corrected chi connectivity index (χ0v) is 12.4. The van der Waals surface area contributed by atoms with Crippen LogP contribution in [0.2, 0.25) is 0 Å². The Morgan fingerprint density at radius 3 is 2.78 bits per heavy atom. The number of hydrogen-bond donors (Lipinski definition) is 2. The highest BCUT2D eigenvalue weighted by atomic mass is 32.2. The lowest BCUT2D eigenvalue weighted by atomic mass is 10.3. The molecule has 0 radical (unpaired) electrons. The van der Waals surface area contributed by atoms with Gasteiger partial charge in [0.2, 0.25) is 10.0 Å². The van der Waals surface area contributed by atoms with Crippen LogP contribution in [0.1, 0.15) is 11.3 Å². The van der Waals surface area contributed by atoms with Crippen molar-refractivity contribution in [2.24, 2.45) is 0 Å². The number of methoxy groups -OCH3 is 1. The van der Waals surface area contributed by atoms with E-state index in [0.29, 0.717) is 23.8 Å². The van der Waals surface area contributed by atoms with Crippen molar-refractivity contribution in [2.75, 3.05) is 33.9 Å². The molecule has 0 aliphatic rings. The first kappa shape index (κ1) is 15.6. The fourth-order valence-corrected chi connectivity index (χ4v) is 3.85. The average molecular weight is 292 g/mol. The Kier molecular flexibility index (Phi) is 6.80. The van der Waals surface area contributed by atoms with Crippen LogP contribution in [0, 0.1) is 0 Å². The number of sulfonamides is 1. The zero-order chi connectivity index (χ0) is 13.4. The predicted molar refractivity (Wildman–Crippen MR) is 73.6 cm³/mol. The summed E-state index contributed by atoms with van der Waals surface area (Å²) in [6.45, 7) is 1.81. The molecule has 0 unspecified atom stereocenters. The topological polar surface area (TPSA) is 67.4 Å². The lowest BCUT2D eigenvalue weighted by molar-refractivity contribution is 0.196. The van der Waals surface area contributed by atoms with Crippen LogP contribution in [-0.4, -0.2) is 42.3 Å². The second-order valence-electron chi connectivity index (χ2n) is 3.82. The Bertz CT molecular complexity index is 443. The lowest BCUT2D eigenvalue weighted by Gasteiger charge is -2.03. The highest BCUT2D eigenvalue weighted by molar-refractivity contribution is 7.91. The van der Waals surface area contributed by atoms with Crippen LogP contribution >= 0.6 is 11.3 Å². The van der Waals surface area contributed by atoms with Gasteiger partial charge in [0.25, 0.3) is 0 Å². The second kappa shape index (κ2) is 7.85. The average Bonchev–Trinajstić information content (AvgIpc) is 2.81. The summed E-state index contributed by atoms with van der Waals surface area (Å²) < 4.78 is 31.7. The fraction of sp³-hybridized carbons (Fsp3) is 0.636. The maximum atomic E-state index is 11.9. The van der Waals surface area contributed by atoms with Gasteiger partial charge in [0.05, 0.1) is 0 Å². The van der Waals surface area contributed by atoms with Gasteiger partial charge >= 0.3 is 0 Å². The molecule has 0 bridgehead atoms. The van der Waals surface area contributed by atoms with Gasteiger partial charge in [-0.1, -0.05) is 0 Å². The molecule has 0 aliphatic heterocycles. The summed E-state index contributed by atoms with van der Waals surface area (Å²) in [5.41, 5.74) is 0. The summed E-state index contributed by atoms with van der Waals surface area (Å²) in [5.74, 6) is 0. The molecule has 0 fully saturated rings. The molecule has 0 aromatic carbocycles. The normalized spacial score (nSPS) is 11.9. The smallest absolute Gasteiger partial charge is 0.250 e. The summed E-state index contributed by atoms with van der Waals surface area (Å²) in [5, 5.41) is 3.04. The van der Waals surface area contributed by atoms with Crippen LogP contribution in [0.4, 0.5) is 0 Å². The maximum absolute atomic E-state index is 11.9. The van der Waals surface area contributed by atoms with Crippen molar-refractivity contribution in [3.8, 4) is 0 Å². The van der Waals surface area contributed by atoms with Crippen LogP contribution in [0.3, 0.4) is 0 Å². The lowest BCUT2D eigenvalue weighted by Crippen LogP contribution is -2.24. The molecular formula is C11H20N2O3S2. The van der Waals surface area contributed by atoms with Gasteiger partial charge in [0.15, 0.2) is 0 Å². The molecule has 1 rings (SSSR count). The molecule has 0 saturated heterocycles. The Balaban J connectivity index is 2.53. The van der Waals surface area contributed by atoms with Crippen molar-refractivity contribution >= 4 is 21.4 Å². The Labute approximate surface area is 113 Å². The molecule has 1 aromatic rings. The molecular weight excluding hydrogens is 272 g/mol. The first-order valence-electron chi connectivity index (χ1n) is 5.82. The number of hydrogen-bond acceptors (Lipinski definition) is 5. The SMILES string of the molecule is CNCCc1ccc(S(=O)(=O)NCCCOC)s1. The highest BCUT2D eigenvalue weighted by Gasteiger charge is 2.15. The number of thiophene rings is 1. The maximum Gasteiger partial charge on any atom is 0.250 e. The molecule has 0 spiro atoms. The number of rotatable bonds is 9. The van der Waals surface area contributed by atoms with E-state index in [4.69, 9.17) is 4.74 Å². The summed E-state index contributed by atoms with van der Waals surface area (Å²) in [6.07, 6.45) is 1.52. The first-order valence-corrected chi connectivity index (χ1v) is 8.12. The van der Waals surface area contributed by atoms with Crippen LogP contribution in [0.15, 0.2) is 16.3 Å². The summed E-state index contributed by atoms with van der Waals surface area (Å²) in [6, 6.07) is 3.53. The summed E-state index contributed by atoms with van der Waals surface area (Å²) in [7, 11) is 0.124. The monoisotopic (exact) mass is 292 g/mol. The van der Waals surface area contributed by atoms with Gasteiger partial charge in [0, 0.05) is 25.1 Å². The molecule has 0 amide bonds. The fourth-order valence-electron chi connectivity index (χ4n) is 1.38. The molecule has 0 atom stereocenters. The van der Waals surface area contributed by atoms with Crippen molar-refractivity contribution in [3.63, 3.8) is 0 Å². The van der Waals surface area contributed by atoms with Crippen LogP contribution in [0.5, 0.6) is 0 Å². The molecule has 0 aliphatic carbocycles. The Morgan fingerprint density at radius 1 is 1.33 bits per heavy atom. The minimum Gasteiger partial charge on any atom is -0.385 e. The molecule has 104 valence electrons. The van der Waals surface area contributed by atoms with Gasteiger partial charge < -0.3 is 10.1 Å². The van der Waals surface area contributed by atoms with Gasteiger partial charge in [-0.2, -0.15) is 0 Å². The second-order valence-corrected chi connectivity index (χ2v) is 6.98. The number of likely N-dealkylation sites (N-methyl/N-ethyl adjacent to an activating group) is 1. The van der Waals surface area contributed by atoms with E-state index < -0.39 is 10.0 Å². The number of nitrogens with one attached hydrogen (secondary N) is 2. The first-order chi connectivity index (χ1) is 8.60. The van der Waals surface area contributed by atoms with Crippen LogP contribution < -0.4 is 10.0 Å². The van der Waals surface area contributed by atoms with Crippen molar-refractivity contribution in [1.82, 2.24) is 10.0 Å². The van der Waals surface area contributed by atoms with Gasteiger partial charge in [-0.15, -0.1) is 11.3 Å². The largest absolute Gasteiger partial charge is 0.385 e. The van der Waals surface area contributed by atoms with Gasteiger partial charge in [-0.05, 0) is 38.6 Å². The van der Waals surface area contributed by atoms with E-state index >= 15 is 0 Å². The Hall–Kier alpha value is -0.470. The minimum atomic E-state index is -3.35. The molecule has 1 heterocycles. The molecule has 1 aromatic heterocycles. The van der Waals surface area contributed by atoms with Gasteiger partial charge in [-0.3, -0.25) is 0 Å². The van der Waals surface area contributed by atoms with E-state index in [0.717, 1.165) is 17.8 Å². The third-order valence-electron chi connectivity index (χ3n) is 2.34. The van der Waals surface area contributed by atoms with Crippen molar-refractivity contribution in [2.45, 2.75) is 17.1 Å². The molecule has 7 heteroatoms. The van der Waals surface area contributed by atoms with E-state index in [1.165, 1.54) is 11.3 Å². The standard InChI is InChI=1S/C11H20N2O3S2/c1-12-8-6-10-4-5-11(17-10)18(14,15)13-7-3-9-16-2/h4-5,12-13H,3,6-9H2,1-2H3. The minimum absolute atomic E-state index is 0.381. The highest BCUT2D eigenvalue weighted by Crippen LogP contribution is 2.21. The van der Waals surface area contributed by atoms with Gasteiger partial charge in [-0.25, -0.2) is 13.1 Å². The van der Waals surface area contributed by atoms with Crippen molar-refractivity contribution < 1.29 is 13.2 Å². The molecule has 5 nitrogen and oxygen atoms in total. The van der Waals surface area contributed by atoms with Crippen molar-refractivity contribution in [1.29, 1.82) is 0 Å². The zero-order valence-electron chi connectivity index (χ0n) is 10.7. The van der Waals surface area contributed by atoms with Crippen molar-refractivity contribution in [3.05, 3.63) is 17.0 Å². The van der Waals surface area contributed by atoms with Gasteiger partial charge in [0.1, 0.15) is 4.21 Å². The molecule has 18 heavy (non-hydrogen) atoms. The van der Waals surface area contributed by atoms with Crippen LogP contribution in [-0.2, 0) is 21.2 Å². The third kappa shape index (κ3) is 5.03. The third-order valence-corrected chi connectivity index (χ3v) is 5.44. The van der Waals surface area contributed by atoms with E-state index in [2.05, 4.69) is 10.0 Å². The summed E-state index contributed by atoms with van der Waals surface area (Å²) >= 11 is 1.32. The van der Waals surface area contributed by atoms with E-state index in [-0.39, 0.29) is 0 Å². The Morgan fingerprint density at radius 2 is 2.11 bits per heavy atom. The van der Waals surface area contributed by atoms with E-state index in [1.807, 2.05) is 13.1 Å². The molecule has 0 saturated carbocycles. The van der Waals surface area contributed by atoms with E-state index in [1.54, 1.807) is 13.2 Å². The molecule has 2 N–H and O–H groups in total.